The van der Waals surface area contributed by atoms with Crippen LogP contribution >= 0.6 is 11.3 Å². The molecule has 0 fully saturated rings. The first-order chi connectivity index (χ1) is 10.5. The van der Waals surface area contributed by atoms with E-state index < -0.39 is 0 Å². The molecule has 2 heterocycles. The summed E-state index contributed by atoms with van der Waals surface area (Å²) in [6.07, 6.45) is 4.61. The van der Waals surface area contributed by atoms with E-state index >= 15 is 0 Å². The van der Waals surface area contributed by atoms with Gasteiger partial charge in [0, 0.05) is 19.0 Å². The van der Waals surface area contributed by atoms with E-state index in [-0.39, 0.29) is 10.6 Å². The average Bonchev–Trinajstić information content (AvgIpc) is 2.98. The molecule has 0 radical (unpaired) electrons. The topological polar surface area (TPSA) is 77.1 Å². The molecule has 0 spiro atoms. The third-order valence-corrected chi connectivity index (χ3v) is 5.11. The standard InChI is InChI=1S/C14H19N5O2S/c1-9-13(19(20)21)14(18(3)16-9)17(2)8-12-15-10-6-4-5-7-11(10)22-12/h4-8H2,1-3H3. The van der Waals surface area contributed by atoms with Crippen LogP contribution in [0.4, 0.5) is 11.5 Å². The molecule has 7 nitrogen and oxygen atoms in total. The summed E-state index contributed by atoms with van der Waals surface area (Å²) in [7, 11) is 3.59. The van der Waals surface area contributed by atoms with E-state index in [1.165, 1.54) is 23.4 Å². The molecule has 0 saturated carbocycles. The lowest BCUT2D eigenvalue weighted by Crippen LogP contribution is -2.20. The molecule has 1 aliphatic carbocycles. The summed E-state index contributed by atoms with van der Waals surface area (Å²) >= 11 is 1.73. The van der Waals surface area contributed by atoms with Gasteiger partial charge in [0.05, 0.1) is 17.2 Å². The van der Waals surface area contributed by atoms with Crippen LogP contribution in [-0.4, -0.2) is 26.7 Å². The van der Waals surface area contributed by atoms with E-state index in [1.807, 2.05) is 11.9 Å². The van der Waals surface area contributed by atoms with Gasteiger partial charge in [-0.25, -0.2) is 9.67 Å². The van der Waals surface area contributed by atoms with Crippen molar-refractivity contribution in [2.45, 2.75) is 39.2 Å². The first-order valence-corrected chi connectivity index (χ1v) is 8.15. The van der Waals surface area contributed by atoms with Gasteiger partial charge < -0.3 is 4.90 Å². The summed E-state index contributed by atoms with van der Waals surface area (Å²) in [5, 5.41) is 16.5. The highest BCUT2D eigenvalue weighted by Gasteiger charge is 2.27. The maximum Gasteiger partial charge on any atom is 0.333 e. The third-order valence-electron chi connectivity index (χ3n) is 3.97. The number of aryl methyl sites for hydroxylation is 4. The zero-order valence-electron chi connectivity index (χ0n) is 13.0. The molecule has 0 aromatic carbocycles. The molecular formula is C14H19N5O2S. The Balaban J connectivity index is 1.87. The Bertz CT molecular complexity index is 698. The van der Waals surface area contributed by atoms with Crippen molar-refractivity contribution in [3.05, 3.63) is 31.4 Å². The largest absolute Gasteiger partial charge is 0.347 e. The number of nitro groups is 1. The van der Waals surface area contributed by atoms with Gasteiger partial charge in [-0.15, -0.1) is 11.3 Å². The van der Waals surface area contributed by atoms with Crippen molar-refractivity contribution in [2.75, 3.05) is 11.9 Å². The number of fused-ring (bicyclic) bond motifs is 1. The summed E-state index contributed by atoms with van der Waals surface area (Å²) in [6.45, 7) is 2.23. The van der Waals surface area contributed by atoms with Gasteiger partial charge in [0.2, 0.25) is 5.82 Å². The monoisotopic (exact) mass is 321 g/mol. The van der Waals surface area contributed by atoms with Crippen molar-refractivity contribution in [1.29, 1.82) is 0 Å². The number of anilines is 1. The molecule has 118 valence electrons. The molecule has 22 heavy (non-hydrogen) atoms. The van der Waals surface area contributed by atoms with Gasteiger partial charge in [0.1, 0.15) is 10.7 Å². The van der Waals surface area contributed by atoms with Crippen molar-refractivity contribution in [2.24, 2.45) is 7.05 Å². The van der Waals surface area contributed by atoms with Crippen LogP contribution in [0.1, 0.15) is 34.1 Å². The van der Waals surface area contributed by atoms with E-state index in [0.29, 0.717) is 18.1 Å². The van der Waals surface area contributed by atoms with Crippen LogP contribution in [0.25, 0.3) is 0 Å². The van der Waals surface area contributed by atoms with Crippen LogP contribution in [0, 0.1) is 17.0 Å². The normalized spacial score (nSPS) is 14.0. The van der Waals surface area contributed by atoms with Crippen LogP contribution in [0.3, 0.4) is 0 Å². The van der Waals surface area contributed by atoms with Crippen LogP contribution in [0.15, 0.2) is 0 Å². The molecule has 2 aromatic rings. The lowest BCUT2D eigenvalue weighted by molar-refractivity contribution is -0.384. The Morgan fingerprint density at radius 1 is 1.41 bits per heavy atom. The van der Waals surface area contributed by atoms with E-state index in [4.69, 9.17) is 4.98 Å². The van der Waals surface area contributed by atoms with Gasteiger partial charge in [-0.1, -0.05) is 0 Å². The number of thiazole rings is 1. The second-order valence-corrected chi connectivity index (χ2v) is 6.85. The Kier molecular flexibility index (Phi) is 3.86. The SMILES string of the molecule is Cc1nn(C)c(N(C)Cc2nc3c(s2)CCCC3)c1[N+](=O)[O-]. The van der Waals surface area contributed by atoms with Crippen molar-refractivity contribution in [3.8, 4) is 0 Å². The highest BCUT2D eigenvalue weighted by molar-refractivity contribution is 7.11. The Morgan fingerprint density at radius 3 is 2.82 bits per heavy atom. The quantitative estimate of drug-likeness (QED) is 0.639. The number of nitrogens with zero attached hydrogens (tertiary/aromatic N) is 5. The Labute approximate surface area is 132 Å². The smallest absolute Gasteiger partial charge is 0.333 e. The van der Waals surface area contributed by atoms with Crippen molar-refractivity contribution in [3.63, 3.8) is 0 Å². The Hall–Kier alpha value is -1.96. The number of rotatable bonds is 4. The van der Waals surface area contributed by atoms with Crippen LogP contribution < -0.4 is 4.90 Å². The van der Waals surface area contributed by atoms with E-state index in [9.17, 15) is 10.1 Å². The Morgan fingerprint density at radius 2 is 2.14 bits per heavy atom. The van der Waals surface area contributed by atoms with Gasteiger partial charge in [-0.05, 0) is 32.6 Å². The molecule has 8 heteroatoms. The van der Waals surface area contributed by atoms with E-state index in [0.717, 1.165) is 17.8 Å². The highest BCUT2D eigenvalue weighted by atomic mass is 32.1. The molecule has 0 N–H and O–H groups in total. The van der Waals surface area contributed by atoms with E-state index in [2.05, 4.69) is 5.10 Å². The lowest BCUT2D eigenvalue weighted by Gasteiger charge is -2.16. The van der Waals surface area contributed by atoms with Gasteiger partial charge >= 0.3 is 5.69 Å². The summed E-state index contributed by atoms with van der Waals surface area (Å²) in [6, 6.07) is 0. The molecular weight excluding hydrogens is 302 g/mol. The minimum Gasteiger partial charge on any atom is -0.347 e. The van der Waals surface area contributed by atoms with Crippen molar-refractivity contribution < 1.29 is 4.92 Å². The molecule has 1 aliphatic rings. The first kappa shape index (κ1) is 15.0. The average molecular weight is 321 g/mol. The fraction of sp³-hybridized carbons (Fsp3) is 0.571. The van der Waals surface area contributed by atoms with Crippen molar-refractivity contribution in [1.82, 2.24) is 14.8 Å². The van der Waals surface area contributed by atoms with Gasteiger partial charge in [-0.2, -0.15) is 5.10 Å². The maximum atomic E-state index is 11.3. The zero-order valence-corrected chi connectivity index (χ0v) is 13.8. The molecule has 3 rings (SSSR count). The molecule has 0 bridgehead atoms. The maximum absolute atomic E-state index is 11.3. The number of hydrogen-bond donors (Lipinski definition) is 0. The number of aromatic nitrogens is 3. The molecule has 0 atom stereocenters. The summed E-state index contributed by atoms with van der Waals surface area (Å²) in [5.41, 5.74) is 1.73. The number of hydrogen-bond acceptors (Lipinski definition) is 6. The minimum atomic E-state index is -0.360. The molecule has 2 aromatic heterocycles. The molecule has 0 amide bonds. The van der Waals surface area contributed by atoms with Gasteiger partial charge in [0.15, 0.2) is 0 Å². The van der Waals surface area contributed by atoms with E-state index in [1.54, 1.807) is 30.0 Å². The fourth-order valence-electron chi connectivity index (χ4n) is 3.03. The van der Waals surface area contributed by atoms with Gasteiger partial charge in [0.25, 0.3) is 0 Å². The highest BCUT2D eigenvalue weighted by Crippen LogP contribution is 2.32. The molecule has 0 saturated heterocycles. The fourth-order valence-corrected chi connectivity index (χ4v) is 4.24. The lowest BCUT2D eigenvalue weighted by atomic mass is 10.0. The third kappa shape index (κ3) is 2.58. The summed E-state index contributed by atoms with van der Waals surface area (Å²) in [5.74, 6) is 0.524. The first-order valence-electron chi connectivity index (χ1n) is 7.34. The van der Waals surface area contributed by atoms with Crippen LogP contribution in [0.5, 0.6) is 0 Å². The predicted octanol–water partition coefficient (Wildman–Crippen LogP) is 2.61. The predicted molar refractivity (Wildman–Crippen MR) is 85.5 cm³/mol. The van der Waals surface area contributed by atoms with Crippen LogP contribution in [-0.2, 0) is 26.4 Å². The summed E-state index contributed by atoms with van der Waals surface area (Å²) in [4.78, 5) is 18.9. The summed E-state index contributed by atoms with van der Waals surface area (Å²) < 4.78 is 1.57. The minimum absolute atomic E-state index is 0.0753. The van der Waals surface area contributed by atoms with Crippen molar-refractivity contribution >= 4 is 22.8 Å². The zero-order chi connectivity index (χ0) is 15.9. The van der Waals surface area contributed by atoms with Gasteiger partial charge in [-0.3, -0.25) is 10.1 Å². The molecule has 0 aliphatic heterocycles. The second-order valence-electron chi connectivity index (χ2n) is 5.68. The van der Waals surface area contributed by atoms with Crippen LogP contribution in [0.2, 0.25) is 0 Å². The second kappa shape index (κ2) is 5.68. The molecule has 0 unspecified atom stereocenters.